The number of nitrogens with two attached hydrogens (primary N) is 1. The summed E-state index contributed by atoms with van der Waals surface area (Å²) in [6, 6.07) is 24.6. The van der Waals surface area contributed by atoms with Crippen LogP contribution < -0.4 is 15.8 Å². The molecule has 50 heavy (non-hydrogen) atoms. The van der Waals surface area contributed by atoms with Crippen LogP contribution >= 0.6 is 11.6 Å². The molecule has 5 aromatic rings. The van der Waals surface area contributed by atoms with E-state index in [0.717, 1.165) is 36.5 Å². The lowest BCUT2D eigenvalue weighted by Crippen LogP contribution is -2.33. The van der Waals surface area contributed by atoms with Gasteiger partial charge in [0.25, 0.3) is 17.7 Å². The molecule has 4 N–H and O–H groups in total. The number of para-hydroxylation sites is 1. The monoisotopic (exact) mass is 712 g/mol. The van der Waals surface area contributed by atoms with E-state index in [1.54, 1.807) is 48.2 Å². The SMILES string of the molecule is CCCCN(CCCC)C(=O)c1nn(-c2ccc(C(=O)NS(=O)c3ccc4ccccc4c3)cc2C(=O)NCc2ccccc2N)c(C)c1Cl. The third-order valence-corrected chi connectivity index (χ3v) is 9.95. The predicted octanol–water partition coefficient (Wildman–Crippen LogP) is 6.99. The van der Waals surface area contributed by atoms with E-state index >= 15 is 0 Å². The van der Waals surface area contributed by atoms with Crippen molar-refractivity contribution in [3.63, 3.8) is 0 Å². The fourth-order valence-electron chi connectivity index (χ4n) is 5.51. The van der Waals surface area contributed by atoms with Crippen molar-refractivity contribution in [1.82, 2.24) is 24.7 Å². The van der Waals surface area contributed by atoms with Gasteiger partial charge in [0.2, 0.25) is 0 Å². The van der Waals surface area contributed by atoms with Crippen molar-refractivity contribution in [2.45, 2.75) is 57.9 Å². The maximum absolute atomic E-state index is 13.9. The van der Waals surface area contributed by atoms with Crippen molar-refractivity contribution in [2.24, 2.45) is 0 Å². The first-order chi connectivity index (χ1) is 24.1. The van der Waals surface area contributed by atoms with Crippen LogP contribution in [-0.4, -0.2) is 49.7 Å². The van der Waals surface area contributed by atoms with Gasteiger partial charge in [0.1, 0.15) is 0 Å². The largest absolute Gasteiger partial charge is 0.398 e. The second-order valence-electron chi connectivity index (χ2n) is 12.0. The van der Waals surface area contributed by atoms with E-state index in [1.165, 1.54) is 16.8 Å². The Kier molecular flexibility index (Phi) is 12.0. The van der Waals surface area contributed by atoms with E-state index in [2.05, 4.69) is 29.0 Å². The van der Waals surface area contributed by atoms with Crippen LogP contribution in [0.3, 0.4) is 0 Å². The molecular formula is C38H41ClN6O4S. The number of nitrogen functional groups attached to an aromatic ring is 1. The minimum atomic E-state index is -1.87. The Labute approximate surface area is 299 Å². The lowest BCUT2D eigenvalue weighted by atomic mass is 10.1. The Morgan fingerprint density at radius 1 is 0.880 bits per heavy atom. The molecule has 0 aliphatic rings. The van der Waals surface area contributed by atoms with Crippen LogP contribution in [0.4, 0.5) is 5.69 Å². The van der Waals surface area contributed by atoms with Gasteiger partial charge in [0.05, 0.1) is 26.9 Å². The number of nitrogens with zero attached hydrogens (tertiary/aromatic N) is 3. The third kappa shape index (κ3) is 8.23. The minimum absolute atomic E-state index is 0.0902. The number of hydrogen-bond donors (Lipinski definition) is 3. The number of halogens is 1. The molecule has 10 nitrogen and oxygen atoms in total. The molecule has 0 aliphatic carbocycles. The van der Waals surface area contributed by atoms with E-state index in [1.807, 2.05) is 36.4 Å². The van der Waals surface area contributed by atoms with Crippen LogP contribution in [0, 0.1) is 6.92 Å². The normalized spacial score (nSPS) is 11.7. The molecule has 5 rings (SSSR count). The number of hydrogen-bond acceptors (Lipinski definition) is 6. The Bertz CT molecular complexity index is 2050. The van der Waals surface area contributed by atoms with E-state index in [-0.39, 0.29) is 34.3 Å². The standard InChI is InChI=1S/C38H41ClN6O4S/c1-4-6-20-44(21-7-5-2)38(48)35-34(39)25(3)45(42-35)33-19-17-28(23-31(33)37(47)41-24-29-14-10-11-15-32(29)40)36(46)43-50(49)30-18-16-26-12-8-9-13-27(26)22-30/h8-19,22-23H,4-7,20-21,24,40H2,1-3H3,(H,41,47)(H,43,46). The molecule has 0 spiro atoms. The van der Waals surface area contributed by atoms with Crippen molar-refractivity contribution in [2.75, 3.05) is 18.8 Å². The molecule has 0 bridgehead atoms. The van der Waals surface area contributed by atoms with Crippen molar-refractivity contribution >= 4 is 56.8 Å². The fraction of sp³-hybridized carbons (Fsp3) is 0.263. The van der Waals surface area contributed by atoms with Crippen LogP contribution in [0.15, 0.2) is 89.8 Å². The zero-order valence-electron chi connectivity index (χ0n) is 28.4. The van der Waals surface area contributed by atoms with Crippen molar-refractivity contribution < 1.29 is 18.6 Å². The molecule has 0 fully saturated rings. The van der Waals surface area contributed by atoms with Gasteiger partial charge in [-0.15, -0.1) is 0 Å². The highest BCUT2D eigenvalue weighted by atomic mass is 35.5. The maximum Gasteiger partial charge on any atom is 0.275 e. The number of amides is 3. The zero-order chi connectivity index (χ0) is 35.8. The summed E-state index contributed by atoms with van der Waals surface area (Å²) >= 11 is 6.75. The lowest BCUT2D eigenvalue weighted by molar-refractivity contribution is 0.0744. The number of benzene rings is 4. The Morgan fingerprint density at radius 3 is 2.26 bits per heavy atom. The van der Waals surface area contributed by atoms with Gasteiger partial charge in [0, 0.05) is 30.9 Å². The van der Waals surface area contributed by atoms with Crippen LogP contribution in [0.2, 0.25) is 5.02 Å². The first-order valence-corrected chi connectivity index (χ1v) is 18.2. The summed E-state index contributed by atoms with van der Waals surface area (Å²) in [4.78, 5) is 43.2. The Hall–Kier alpha value is -5.00. The number of carbonyl (C=O) groups excluding carboxylic acids is 3. The highest BCUT2D eigenvalue weighted by Crippen LogP contribution is 2.27. The van der Waals surface area contributed by atoms with Crippen LogP contribution in [0.25, 0.3) is 16.5 Å². The topological polar surface area (TPSA) is 139 Å². The quantitative estimate of drug-likeness (QED) is 0.106. The van der Waals surface area contributed by atoms with E-state index in [0.29, 0.717) is 40.6 Å². The predicted molar refractivity (Wildman–Crippen MR) is 199 cm³/mol. The summed E-state index contributed by atoms with van der Waals surface area (Å²) in [5, 5.41) is 9.56. The van der Waals surface area contributed by atoms with Crippen LogP contribution in [-0.2, 0) is 17.5 Å². The zero-order valence-corrected chi connectivity index (χ0v) is 29.9. The number of nitrogens with one attached hydrogen (secondary N) is 2. The van der Waals surface area contributed by atoms with Gasteiger partial charge >= 0.3 is 0 Å². The number of aromatic nitrogens is 2. The number of unbranched alkanes of at least 4 members (excludes halogenated alkanes) is 2. The van der Waals surface area contributed by atoms with E-state index in [4.69, 9.17) is 17.3 Å². The smallest absolute Gasteiger partial charge is 0.275 e. The highest BCUT2D eigenvalue weighted by molar-refractivity contribution is 7.83. The van der Waals surface area contributed by atoms with E-state index < -0.39 is 22.8 Å². The molecule has 0 aliphatic heterocycles. The first kappa shape index (κ1) is 36.3. The molecule has 1 atom stereocenters. The highest BCUT2D eigenvalue weighted by Gasteiger charge is 2.27. The number of carbonyl (C=O) groups is 3. The van der Waals surface area contributed by atoms with Crippen LogP contribution in [0.1, 0.15) is 82.0 Å². The van der Waals surface area contributed by atoms with Gasteiger partial charge in [-0.1, -0.05) is 86.8 Å². The van der Waals surface area contributed by atoms with Gasteiger partial charge in [0.15, 0.2) is 16.7 Å². The van der Waals surface area contributed by atoms with Crippen molar-refractivity contribution in [3.8, 4) is 5.69 Å². The molecule has 1 aromatic heterocycles. The van der Waals surface area contributed by atoms with Gasteiger partial charge < -0.3 is 16.0 Å². The second kappa shape index (κ2) is 16.6. The molecule has 1 heterocycles. The third-order valence-electron chi connectivity index (χ3n) is 8.44. The Morgan fingerprint density at radius 2 is 1.56 bits per heavy atom. The average molecular weight is 713 g/mol. The number of fused-ring (bicyclic) bond motifs is 1. The van der Waals surface area contributed by atoms with Gasteiger partial charge in [-0.25, -0.2) is 8.89 Å². The number of anilines is 1. The molecule has 4 aromatic carbocycles. The maximum atomic E-state index is 13.9. The molecule has 3 amide bonds. The molecule has 0 saturated heterocycles. The van der Waals surface area contributed by atoms with Gasteiger partial charge in [-0.2, -0.15) is 5.10 Å². The molecule has 12 heteroatoms. The molecule has 0 saturated carbocycles. The fourth-order valence-corrected chi connectivity index (χ4v) is 6.54. The second-order valence-corrected chi connectivity index (χ2v) is 13.6. The summed E-state index contributed by atoms with van der Waals surface area (Å²) in [5.41, 5.74) is 8.40. The minimum Gasteiger partial charge on any atom is -0.398 e. The summed E-state index contributed by atoms with van der Waals surface area (Å²) in [6.45, 7) is 7.14. The van der Waals surface area contributed by atoms with Gasteiger partial charge in [-0.3, -0.25) is 19.1 Å². The summed E-state index contributed by atoms with van der Waals surface area (Å²) in [7, 11) is -1.87. The Balaban J connectivity index is 1.49. The summed E-state index contributed by atoms with van der Waals surface area (Å²) in [6.07, 6.45) is 3.55. The molecular weight excluding hydrogens is 672 g/mol. The lowest BCUT2D eigenvalue weighted by Gasteiger charge is -2.21. The average Bonchev–Trinajstić information content (AvgIpc) is 3.43. The first-order valence-electron chi connectivity index (χ1n) is 16.6. The van der Waals surface area contributed by atoms with E-state index in [9.17, 15) is 18.6 Å². The summed E-state index contributed by atoms with van der Waals surface area (Å²) in [5.74, 6) is -1.44. The van der Waals surface area contributed by atoms with Gasteiger partial charge in [-0.05, 0) is 72.5 Å². The van der Waals surface area contributed by atoms with Crippen LogP contribution in [0.5, 0.6) is 0 Å². The molecule has 0 radical (unpaired) electrons. The summed E-state index contributed by atoms with van der Waals surface area (Å²) < 4.78 is 17.2. The molecule has 260 valence electrons. The number of rotatable bonds is 14. The van der Waals surface area contributed by atoms with Crippen molar-refractivity contribution in [1.29, 1.82) is 0 Å². The van der Waals surface area contributed by atoms with Crippen molar-refractivity contribution in [3.05, 3.63) is 118 Å². The molecule has 1 unspecified atom stereocenters.